The fourth-order valence-corrected chi connectivity index (χ4v) is 2.44. The highest BCUT2D eigenvalue weighted by Crippen LogP contribution is 2.26. The third-order valence-electron chi connectivity index (χ3n) is 3.42. The van der Waals surface area contributed by atoms with Gasteiger partial charge >= 0.3 is 0 Å². The van der Waals surface area contributed by atoms with Gasteiger partial charge in [0.2, 0.25) is 0 Å². The van der Waals surface area contributed by atoms with Crippen molar-refractivity contribution >= 4 is 11.6 Å². The molecule has 1 aromatic carbocycles. The smallest absolute Gasteiger partial charge is 0.0590 e. The summed E-state index contributed by atoms with van der Waals surface area (Å²) in [4.78, 5) is 2.35. The standard InChI is InChI=1S/C15H25ClN2O/c1-11(2)18(7-8-19-4)15(10-17)13-6-5-12(3)14(16)9-13/h5-6,9,11,15H,7-8,10,17H2,1-4H3. The molecular weight excluding hydrogens is 260 g/mol. The number of hydrogen-bond donors (Lipinski definition) is 1. The molecule has 1 unspecified atom stereocenters. The molecule has 1 rings (SSSR count). The summed E-state index contributed by atoms with van der Waals surface area (Å²) >= 11 is 6.22. The number of hydrogen-bond acceptors (Lipinski definition) is 3. The van der Waals surface area contributed by atoms with E-state index in [2.05, 4.69) is 30.9 Å². The zero-order valence-electron chi connectivity index (χ0n) is 12.3. The van der Waals surface area contributed by atoms with Crippen molar-refractivity contribution in [2.24, 2.45) is 5.73 Å². The third-order valence-corrected chi connectivity index (χ3v) is 3.83. The van der Waals surface area contributed by atoms with Crippen LogP contribution >= 0.6 is 11.6 Å². The van der Waals surface area contributed by atoms with Crippen LogP contribution < -0.4 is 5.73 Å². The van der Waals surface area contributed by atoms with Crippen LogP contribution in [0, 0.1) is 6.92 Å². The summed E-state index contributed by atoms with van der Waals surface area (Å²) in [5.74, 6) is 0. The van der Waals surface area contributed by atoms with Gasteiger partial charge < -0.3 is 10.5 Å². The molecule has 4 heteroatoms. The minimum absolute atomic E-state index is 0.174. The fourth-order valence-electron chi connectivity index (χ4n) is 2.25. The second kappa shape index (κ2) is 7.85. The van der Waals surface area contributed by atoms with E-state index in [0.29, 0.717) is 19.2 Å². The van der Waals surface area contributed by atoms with Crippen LogP contribution in [-0.2, 0) is 4.74 Å². The molecule has 19 heavy (non-hydrogen) atoms. The zero-order chi connectivity index (χ0) is 14.4. The molecule has 1 aromatic rings. The highest BCUT2D eigenvalue weighted by Gasteiger charge is 2.21. The molecule has 0 aliphatic carbocycles. The normalized spacial score (nSPS) is 13.3. The van der Waals surface area contributed by atoms with Crippen LogP contribution in [0.25, 0.3) is 0 Å². The van der Waals surface area contributed by atoms with E-state index in [1.54, 1.807) is 7.11 Å². The number of aryl methyl sites for hydroxylation is 1. The van der Waals surface area contributed by atoms with Crippen molar-refractivity contribution in [3.63, 3.8) is 0 Å². The Kier molecular flexibility index (Phi) is 6.80. The summed E-state index contributed by atoms with van der Waals surface area (Å²) in [6.45, 7) is 8.49. The van der Waals surface area contributed by atoms with Gasteiger partial charge in [-0.3, -0.25) is 4.90 Å². The zero-order valence-corrected chi connectivity index (χ0v) is 13.1. The molecule has 3 nitrogen and oxygen atoms in total. The molecular formula is C15H25ClN2O. The van der Waals surface area contributed by atoms with E-state index in [4.69, 9.17) is 22.1 Å². The number of nitrogens with two attached hydrogens (primary N) is 1. The van der Waals surface area contributed by atoms with Gasteiger partial charge in [-0.15, -0.1) is 0 Å². The van der Waals surface area contributed by atoms with Gasteiger partial charge in [-0.1, -0.05) is 23.7 Å². The maximum absolute atomic E-state index is 6.22. The van der Waals surface area contributed by atoms with E-state index in [0.717, 1.165) is 17.1 Å². The number of halogens is 1. The van der Waals surface area contributed by atoms with Crippen LogP contribution in [0.3, 0.4) is 0 Å². The first-order valence-electron chi connectivity index (χ1n) is 6.72. The lowest BCUT2D eigenvalue weighted by Gasteiger charge is -2.34. The van der Waals surface area contributed by atoms with Crippen LogP contribution in [0.1, 0.15) is 31.0 Å². The predicted molar refractivity (Wildman–Crippen MR) is 81.7 cm³/mol. The second-order valence-electron chi connectivity index (χ2n) is 5.08. The molecule has 0 aliphatic heterocycles. The van der Waals surface area contributed by atoms with Crippen LogP contribution in [0.2, 0.25) is 5.02 Å². The quantitative estimate of drug-likeness (QED) is 0.836. The average molecular weight is 285 g/mol. The van der Waals surface area contributed by atoms with Crippen molar-refractivity contribution in [2.75, 3.05) is 26.8 Å². The summed E-state index contributed by atoms with van der Waals surface area (Å²) in [6, 6.07) is 6.77. The highest BCUT2D eigenvalue weighted by molar-refractivity contribution is 6.31. The van der Waals surface area contributed by atoms with Crippen LogP contribution in [0.15, 0.2) is 18.2 Å². The molecule has 0 bridgehead atoms. The average Bonchev–Trinajstić information content (AvgIpc) is 2.37. The lowest BCUT2D eigenvalue weighted by Crippen LogP contribution is -2.40. The number of ether oxygens (including phenoxy) is 1. The van der Waals surface area contributed by atoms with Crippen molar-refractivity contribution in [1.82, 2.24) is 4.90 Å². The number of methoxy groups -OCH3 is 1. The second-order valence-corrected chi connectivity index (χ2v) is 5.49. The molecule has 0 radical (unpaired) electrons. The first kappa shape index (κ1) is 16.4. The molecule has 2 N–H and O–H groups in total. The van der Waals surface area contributed by atoms with Crippen molar-refractivity contribution in [3.05, 3.63) is 34.3 Å². The Labute approximate surface area is 121 Å². The number of benzene rings is 1. The van der Waals surface area contributed by atoms with E-state index in [9.17, 15) is 0 Å². The third kappa shape index (κ3) is 4.46. The topological polar surface area (TPSA) is 38.5 Å². The highest BCUT2D eigenvalue weighted by atomic mass is 35.5. The Morgan fingerprint density at radius 2 is 2.05 bits per heavy atom. The van der Waals surface area contributed by atoms with Gasteiger partial charge in [0.05, 0.1) is 6.61 Å². The van der Waals surface area contributed by atoms with Crippen molar-refractivity contribution in [3.8, 4) is 0 Å². The number of rotatable bonds is 7. The van der Waals surface area contributed by atoms with Gasteiger partial charge in [-0.2, -0.15) is 0 Å². The van der Waals surface area contributed by atoms with Gasteiger partial charge in [0.1, 0.15) is 0 Å². The van der Waals surface area contributed by atoms with E-state index in [1.807, 2.05) is 13.0 Å². The molecule has 1 atom stereocenters. The van der Waals surface area contributed by atoms with Crippen molar-refractivity contribution in [1.29, 1.82) is 0 Å². The Hall–Kier alpha value is -0.610. The molecule has 0 saturated heterocycles. The van der Waals surface area contributed by atoms with E-state index >= 15 is 0 Å². The summed E-state index contributed by atoms with van der Waals surface area (Å²) in [6.07, 6.45) is 0. The monoisotopic (exact) mass is 284 g/mol. The molecule has 0 amide bonds. The summed E-state index contributed by atoms with van der Waals surface area (Å²) in [5, 5.41) is 0.798. The summed E-state index contributed by atoms with van der Waals surface area (Å²) < 4.78 is 5.19. The Morgan fingerprint density at radius 3 is 2.53 bits per heavy atom. The van der Waals surface area contributed by atoms with Crippen molar-refractivity contribution < 1.29 is 4.74 Å². The van der Waals surface area contributed by atoms with E-state index < -0.39 is 0 Å². The van der Waals surface area contributed by atoms with Crippen LogP contribution in [0.4, 0.5) is 0 Å². The van der Waals surface area contributed by atoms with Gasteiger partial charge in [0.25, 0.3) is 0 Å². The molecule has 0 fully saturated rings. The molecule has 108 valence electrons. The SMILES string of the molecule is COCCN(C(C)C)C(CN)c1ccc(C)c(Cl)c1. The first-order chi connectivity index (χ1) is 9.01. The molecule has 0 heterocycles. The lowest BCUT2D eigenvalue weighted by atomic mass is 10.0. The largest absolute Gasteiger partial charge is 0.383 e. The Morgan fingerprint density at radius 1 is 1.37 bits per heavy atom. The lowest BCUT2D eigenvalue weighted by molar-refractivity contribution is 0.0979. The van der Waals surface area contributed by atoms with E-state index in [-0.39, 0.29) is 6.04 Å². The maximum Gasteiger partial charge on any atom is 0.0590 e. The van der Waals surface area contributed by atoms with E-state index in [1.165, 1.54) is 5.56 Å². The fraction of sp³-hybridized carbons (Fsp3) is 0.600. The molecule has 0 saturated carbocycles. The van der Waals surface area contributed by atoms with Gasteiger partial charge in [-0.25, -0.2) is 0 Å². The van der Waals surface area contributed by atoms with Crippen LogP contribution in [-0.4, -0.2) is 37.7 Å². The Balaban J connectivity index is 2.97. The van der Waals surface area contributed by atoms with Gasteiger partial charge in [0, 0.05) is 37.3 Å². The predicted octanol–water partition coefficient (Wildman–Crippen LogP) is 3.01. The van der Waals surface area contributed by atoms with Crippen molar-refractivity contribution in [2.45, 2.75) is 32.9 Å². The molecule has 0 aromatic heterocycles. The molecule has 0 spiro atoms. The first-order valence-corrected chi connectivity index (χ1v) is 7.09. The minimum atomic E-state index is 0.174. The maximum atomic E-state index is 6.22. The minimum Gasteiger partial charge on any atom is -0.383 e. The van der Waals surface area contributed by atoms with Gasteiger partial charge in [-0.05, 0) is 38.0 Å². The molecule has 0 aliphatic rings. The van der Waals surface area contributed by atoms with Gasteiger partial charge in [0.15, 0.2) is 0 Å². The Bertz CT molecular complexity index is 396. The summed E-state index contributed by atoms with van der Waals surface area (Å²) in [7, 11) is 1.72. The van der Waals surface area contributed by atoms with Crippen LogP contribution in [0.5, 0.6) is 0 Å². The summed E-state index contributed by atoms with van der Waals surface area (Å²) in [5.41, 5.74) is 8.24. The number of nitrogens with zero attached hydrogens (tertiary/aromatic N) is 1.